The molecule has 1 aromatic heterocycles. The molecule has 2 rings (SSSR count). The van der Waals surface area contributed by atoms with Crippen molar-refractivity contribution in [2.45, 2.75) is 26.2 Å². The van der Waals surface area contributed by atoms with Crippen LogP contribution in [0.3, 0.4) is 0 Å². The lowest BCUT2D eigenvalue weighted by atomic mass is 10.3. The van der Waals surface area contributed by atoms with Crippen molar-refractivity contribution in [1.82, 2.24) is 10.2 Å². The number of hydrogen-bond acceptors (Lipinski definition) is 3. The van der Waals surface area contributed by atoms with Crippen LogP contribution in [0.15, 0.2) is 20.9 Å². The molecule has 1 fully saturated rings. The maximum atomic E-state index is 5.71. The van der Waals surface area contributed by atoms with Crippen LogP contribution in [0.4, 0.5) is 0 Å². The van der Waals surface area contributed by atoms with Gasteiger partial charge in [0.05, 0.1) is 10.4 Å². The van der Waals surface area contributed by atoms with Crippen LogP contribution in [0.2, 0.25) is 0 Å². The van der Waals surface area contributed by atoms with Gasteiger partial charge in [0.1, 0.15) is 0 Å². The lowest BCUT2D eigenvalue weighted by Crippen LogP contribution is -2.40. The van der Waals surface area contributed by atoms with E-state index in [1.165, 1.54) is 21.5 Å². The van der Waals surface area contributed by atoms with Gasteiger partial charge in [0.2, 0.25) is 0 Å². The van der Waals surface area contributed by atoms with Crippen LogP contribution >= 0.6 is 27.3 Å². The summed E-state index contributed by atoms with van der Waals surface area (Å²) in [5.41, 5.74) is 0. The molecule has 1 N–H and O–H groups in total. The highest BCUT2D eigenvalue weighted by molar-refractivity contribution is 9.11. The normalized spacial score (nSPS) is 15.1. The van der Waals surface area contributed by atoms with Gasteiger partial charge in [-0.15, -0.1) is 11.3 Å². The minimum absolute atomic E-state index is 0.773. The van der Waals surface area contributed by atoms with Crippen LogP contribution in [0.5, 0.6) is 0 Å². The number of likely N-dealkylation sites (N-methyl/N-ethyl adjacent to an activating group) is 1. The number of rotatable bonds is 9. The Bertz CT molecular complexity index is 474. The van der Waals surface area contributed by atoms with Crippen LogP contribution in [-0.2, 0) is 11.2 Å². The lowest BCUT2D eigenvalue weighted by Gasteiger charge is -2.22. The zero-order valence-corrected chi connectivity index (χ0v) is 15.9. The van der Waals surface area contributed by atoms with Crippen molar-refractivity contribution in [3.05, 3.63) is 20.8 Å². The van der Waals surface area contributed by atoms with Crippen molar-refractivity contribution in [2.24, 2.45) is 10.9 Å². The van der Waals surface area contributed by atoms with E-state index in [0.29, 0.717) is 0 Å². The van der Waals surface area contributed by atoms with Gasteiger partial charge in [-0.1, -0.05) is 0 Å². The molecule has 1 aliphatic carbocycles. The number of hydrogen-bond donors (Lipinski definition) is 1. The third-order valence-corrected chi connectivity index (χ3v) is 5.25. The minimum Gasteiger partial charge on any atom is -0.379 e. The molecule has 4 nitrogen and oxygen atoms in total. The highest BCUT2D eigenvalue weighted by Gasteiger charge is 2.21. The SMILES string of the molecule is CCNC(=NCCc1ccc(Br)s1)N(C)CCOCC1CC1. The van der Waals surface area contributed by atoms with Crippen LogP contribution in [0, 0.1) is 5.92 Å². The summed E-state index contributed by atoms with van der Waals surface area (Å²) in [6, 6.07) is 4.25. The van der Waals surface area contributed by atoms with E-state index >= 15 is 0 Å². The van der Waals surface area contributed by atoms with Crippen molar-refractivity contribution in [2.75, 3.05) is 39.9 Å². The third-order valence-electron chi connectivity index (χ3n) is 3.57. The first-order valence-corrected chi connectivity index (χ1v) is 9.61. The average molecular weight is 388 g/mol. The standard InChI is InChI=1S/C16H26BrN3OS/c1-3-18-16(19-9-8-14-6-7-15(17)22-14)20(2)10-11-21-12-13-4-5-13/h6-7,13H,3-5,8-12H2,1-2H3,(H,18,19). The highest BCUT2D eigenvalue weighted by atomic mass is 79.9. The van der Waals surface area contributed by atoms with Gasteiger partial charge in [-0.3, -0.25) is 4.99 Å². The van der Waals surface area contributed by atoms with E-state index in [1.54, 1.807) is 11.3 Å². The highest BCUT2D eigenvalue weighted by Crippen LogP contribution is 2.28. The van der Waals surface area contributed by atoms with Crippen molar-refractivity contribution in [1.29, 1.82) is 0 Å². The molecule has 0 saturated heterocycles. The number of thiophene rings is 1. The largest absolute Gasteiger partial charge is 0.379 e. The predicted octanol–water partition coefficient (Wildman–Crippen LogP) is 3.38. The Morgan fingerprint density at radius 3 is 2.95 bits per heavy atom. The van der Waals surface area contributed by atoms with Crippen molar-refractivity contribution in [3.63, 3.8) is 0 Å². The van der Waals surface area contributed by atoms with Crippen LogP contribution < -0.4 is 5.32 Å². The molecule has 6 heteroatoms. The maximum absolute atomic E-state index is 5.71. The molecule has 0 amide bonds. The van der Waals surface area contributed by atoms with Gasteiger partial charge in [-0.25, -0.2) is 0 Å². The first-order chi connectivity index (χ1) is 10.7. The summed E-state index contributed by atoms with van der Waals surface area (Å²) in [6.45, 7) is 6.37. The van der Waals surface area contributed by atoms with Crippen LogP contribution in [0.25, 0.3) is 0 Å². The molecule has 0 aromatic carbocycles. The average Bonchev–Trinajstić information content (AvgIpc) is 3.24. The summed E-state index contributed by atoms with van der Waals surface area (Å²) < 4.78 is 6.89. The number of aliphatic imine (C=N–C) groups is 1. The van der Waals surface area contributed by atoms with Crippen LogP contribution in [-0.4, -0.2) is 50.8 Å². The molecule has 0 aliphatic heterocycles. The Balaban J connectivity index is 1.71. The number of nitrogens with zero attached hydrogens (tertiary/aromatic N) is 2. The fraction of sp³-hybridized carbons (Fsp3) is 0.688. The fourth-order valence-electron chi connectivity index (χ4n) is 2.07. The molecule has 0 unspecified atom stereocenters. The first kappa shape index (κ1) is 17.8. The summed E-state index contributed by atoms with van der Waals surface area (Å²) in [4.78, 5) is 8.23. The van der Waals surface area contributed by atoms with Gasteiger partial charge in [0.15, 0.2) is 5.96 Å². The second kappa shape index (κ2) is 9.53. The second-order valence-electron chi connectivity index (χ2n) is 5.63. The van der Waals surface area contributed by atoms with Gasteiger partial charge in [-0.2, -0.15) is 0 Å². The van der Waals surface area contributed by atoms with Gasteiger partial charge >= 0.3 is 0 Å². The Morgan fingerprint density at radius 1 is 1.50 bits per heavy atom. The molecule has 0 radical (unpaired) electrons. The summed E-state index contributed by atoms with van der Waals surface area (Å²) in [6.07, 6.45) is 3.68. The molecule has 1 heterocycles. The van der Waals surface area contributed by atoms with Gasteiger partial charge in [0.25, 0.3) is 0 Å². The van der Waals surface area contributed by atoms with Crippen molar-refractivity contribution in [3.8, 4) is 0 Å². The summed E-state index contributed by atoms with van der Waals surface area (Å²) in [5, 5.41) is 3.35. The molecular weight excluding hydrogens is 362 g/mol. The van der Waals surface area contributed by atoms with Gasteiger partial charge in [0, 0.05) is 44.6 Å². The summed E-state index contributed by atoms with van der Waals surface area (Å²) in [7, 11) is 2.07. The monoisotopic (exact) mass is 387 g/mol. The van der Waals surface area contributed by atoms with E-state index < -0.39 is 0 Å². The van der Waals surface area contributed by atoms with E-state index in [-0.39, 0.29) is 0 Å². The first-order valence-electron chi connectivity index (χ1n) is 8.00. The molecule has 1 aliphatic rings. The molecule has 22 heavy (non-hydrogen) atoms. The molecule has 0 spiro atoms. The van der Waals surface area contributed by atoms with Crippen molar-refractivity contribution >= 4 is 33.2 Å². The van der Waals surface area contributed by atoms with E-state index in [2.05, 4.69) is 52.3 Å². The summed E-state index contributed by atoms with van der Waals surface area (Å²) in [5.74, 6) is 1.80. The van der Waals surface area contributed by atoms with Crippen molar-refractivity contribution < 1.29 is 4.74 Å². The lowest BCUT2D eigenvalue weighted by molar-refractivity contribution is 0.115. The van der Waals surface area contributed by atoms with Crippen LogP contribution in [0.1, 0.15) is 24.6 Å². The van der Waals surface area contributed by atoms with E-state index in [9.17, 15) is 0 Å². The zero-order chi connectivity index (χ0) is 15.8. The van der Waals surface area contributed by atoms with E-state index in [4.69, 9.17) is 9.73 Å². The smallest absolute Gasteiger partial charge is 0.193 e. The Kier molecular flexibility index (Phi) is 7.69. The summed E-state index contributed by atoms with van der Waals surface area (Å²) >= 11 is 5.28. The Labute approximate surface area is 146 Å². The molecule has 1 aromatic rings. The molecule has 1 saturated carbocycles. The number of nitrogens with one attached hydrogen (secondary N) is 1. The third kappa shape index (κ3) is 6.67. The predicted molar refractivity (Wildman–Crippen MR) is 97.9 cm³/mol. The second-order valence-corrected chi connectivity index (χ2v) is 8.18. The quantitative estimate of drug-likeness (QED) is 0.400. The van der Waals surface area contributed by atoms with E-state index in [1.807, 2.05) is 0 Å². The van der Waals surface area contributed by atoms with Gasteiger partial charge in [-0.05, 0) is 53.7 Å². The Morgan fingerprint density at radius 2 is 2.32 bits per heavy atom. The van der Waals surface area contributed by atoms with Gasteiger partial charge < -0.3 is 15.0 Å². The van der Waals surface area contributed by atoms with E-state index in [0.717, 1.165) is 51.1 Å². The Hall–Kier alpha value is -0.590. The zero-order valence-electron chi connectivity index (χ0n) is 13.5. The fourth-order valence-corrected chi connectivity index (χ4v) is 3.54. The number of ether oxygens (including phenoxy) is 1. The molecule has 0 atom stereocenters. The number of guanidine groups is 1. The number of halogens is 1. The maximum Gasteiger partial charge on any atom is 0.193 e. The molecule has 0 bridgehead atoms. The minimum atomic E-state index is 0.773. The molecular formula is C16H26BrN3OS. The molecule has 124 valence electrons. The topological polar surface area (TPSA) is 36.9 Å².